The Morgan fingerprint density at radius 1 is 0.844 bits per heavy atom. The van der Waals surface area contributed by atoms with E-state index in [1.165, 1.54) is 18.2 Å². The fourth-order valence-electron chi connectivity index (χ4n) is 2.61. The maximum atomic E-state index is 14.2. The summed E-state index contributed by atoms with van der Waals surface area (Å²) in [7, 11) is 0. The lowest BCUT2D eigenvalue weighted by molar-refractivity contribution is -0.348. The second-order valence-electron chi connectivity index (χ2n) is 6.29. The van der Waals surface area contributed by atoms with Crippen molar-refractivity contribution >= 4 is 52.6 Å². The third-order valence-corrected chi connectivity index (χ3v) is 5.15. The number of hydrogen-bond donors (Lipinski definition) is 1. The summed E-state index contributed by atoms with van der Waals surface area (Å²) in [4.78, 5) is 23.4. The van der Waals surface area contributed by atoms with Gasteiger partial charge in [0.1, 0.15) is 0 Å². The molecule has 2 N–H and O–H groups in total. The van der Waals surface area contributed by atoms with Gasteiger partial charge in [0.05, 0.1) is 20.6 Å². The summed E-state index contributed by atoms with van der Waals surface area (Å²) in [5.41, 5.74) is -2.76. The van der Waals surface area contributed by atoms with E-state index in [9.17, 15) is 40.3 Å². The lowest BCUT2D eigenvalue weighted by Gasteiger charge is -2.30. The minimum Gasteiger partial charge on any atom is -0.398 e. The van der Waals surface area contributed by atoms with Crippen molar-refractivity contribution in [3.05, 3.63) is 73.7 Å². The highest BCUT2D eigenvalue weighted by atomic mass is 35.5. The van der Waals surface area contributed by atoms with Crippen LogP contribution in [0.2, 0.25) is 15.1 Å². The number of benzene rings is 2. The van der Waals surface area contributed by atoms with Gasteiger partial charge in [-0.1, -0.05) is 40.9 Å². The molecule has 172 valence electrons. The molecule has 0 saturated carbocycles. The number of halogens is 10. The fraction of sp³-hybridized carbons (Fsp3) is 0.158. The molecule has 0 aliphatic rings. The molecule has 2 aromatic rings. The van der Waals surface area contributed by atoms with Crippen LogP contribution in [0.5, 0.6) is 0 Å². The smallest absolute Gasteiger partial charge is 0.398 e. The average molecular weight is 523 g/mol. The van der Waals surface area contributed by atoms with Gasteiger partial charge >= 0.3 is 18.0 Å². The molecule has 0 saturated heterocycles. The minimum atomic E-state index is -6.39. The number of nitrogens with two attached hydrogens (primary N) is 1. The molecule has 0 unspecified atom stereocenters. The first kappa shape index (κ1) is 26.0. The van der Waals surface area contributed by atoms with Crippen LogP contribution in [0.3, 0.4) is 0 Å². The van der Waals surface area contributed by atoms with Crippen LogP contribution in [0.1, 0.15) is 31.8 Å². The van der Waals surface area contributed by atoms with E-state index in [1.54, 1.807) is 0 Å². The Balaban J connectivity index is 2.56. The number of hydrogen-bond acceptors (Lipinski definition) is 3. The zero-order valence-electron chi connectivity index (χ0n) is 15.2. The first-order valence-electron chi connectivity index (χ1n) is 8.13. The van der Waals surface area contributed by atoms with E-state index in [2.05, 4.69) is 0 Å². The predicted octanol–water partition coefficient (Wildman–Crippen LogP) is 6.93. The molecule has 0 fully saturated rings. The SMILES string of the molecule is NC(=CC(=O)c1c(Cl)cc(C(F)(C(F)(F)F)C(F)(F)F)cc1Cl)c1ccc(Cl)c(C=O)c1. The van der Waals surface area contributed by atoms with Gasteiger partial charge in [-0.25, -0.2) is 4.39 Å². The Morgan fingerprint density at radius 3 is 1.78 bits per heavy atom. The van der Waals surface area contributed by atoms with Gasteiger partial charge in [0.25, 0.3) is 0 Å². The maximum absolute atomic E-state index is 14.2. The highest BCUT2D eigenvalue weighted by Crippen LogP contribution is 2.54. The summed E-state index contributed by atoms with van der Waals surface area (Å²) < 4.78 is 91.9. The van der Waals surface area contributed by atoms with E-state index >= 15 is 0 Å². The van der Waals surface area contributed by atoms with E-state index in [0.717, 1.165) is 6.08 Å². The quantitative estimate of drug-likeness (QED) is 0.200. The molecule has 32 heavy (non-hydrogen) atoms. The summed E-state index contributed by atoms with van der Waals surface area (Å²) in [6, 6.07) is 3.89. The molecule has 2 aromatic carbocycles. The van der Waals surface area contributed by atoms with Crippen molar-refractivity contribution in [2.24, 2.45) is 5.73 Å². The molecule has 13 heteroatoms. The van der Waals surface area contributed by atoms with Crippen molar-refractivity contribution in [1.29, 1.82) is 0 Å². The molecule has 0 aliphatic heterocycles. The molecule has 0 spiro atoms. The van der Waals surface area contributed by atoms with E-state index in [-0.39, 0.29) is 34.0 Å². The monoisotopic (exact) mass is 521 g/mol. The van der Waals surface area contributed by atoms with Crippen LogP contribution >= 0.6 is 34.8 Å². The lowest BCUT2D eigenvalue weighted by atomic mass is 9.92. The van der Waals surface area contributed by atoms with Crippen LogP contribution in [0, 0.1) is 0 Å². The highest BCUT2D eigenvalue weighted by Gasteiger charge is 2.73. The van der Waals surface area contributed by atoms with Crippen molar-refractivity contribution in [3.8, 4) is 0 Å². The van der Waals surface area contributed by atoms with Crippen molar-refractivity contribution in [2.45, 2.75) is 18.0 Å². The van der Waals surface area contributed by atoms with Gasteiger partial charge in [-0.2, -0.15) is 26.3 Å². The van der Waals surface area contributed by atoms with Gasteiger partial charge < -0.3 is 5.73 Å². The van der Waals surface area contributed by atoms with E-state index in [0.29, 0.717) is 6.29 Å². The van der Waals surface area contributed by atoms with Gasteiger partial charge in [-0.3, -0.25) is 9.59 Å². The Labute approximate surface area is 190 Å². The highest BCUT2D eigenvalue weighted by molar-refractivity contribution is 6.41. The maximum Gasteiger partial charge on any atom is 0.435 e. The molecular weight excluding hydrogens is 514 g/mol. The molecule has 0 radical (unpaired) electrons. The molecule has 2 rings (SSSR count). The number of carbonyl (C=O) groups is 2. The third-order valence-electron chi connectivity index (χ3n) is 4.21. The van der Waals surface area contributed by atoms with Crippen molar-refractivity contribution in [1.82, 2.24) is 0 Å². The Morgan fingerprint density at radius 2 is 1.34 bits per heavy atom. The van der Waals surface area contributed by atoms with Crippen LogP contribution in [0.25, 0.3) is 5.70 Å². The fourth-order valence-corrected chi connectivity index (χ4v) is 3.44. The van der Waals surface area contributed by atoms with Crippen LogP contribution in [-0.4, -0.2) is 24.4 Å². The number of carbonyl (C=O) groups excluding carboxylic acids is 2. The average Bonchev–Trinajstić information content (AvgIpc) is 2.65. The first-order chi connectivity index (χ1) is 14.5. The summed E-state index contributed by atoms with van der Waals surface area (Å²) in [5.74, 6) is -1.10. The molecule has 0 heterocycles. The first-order valence-corrected chi connectivity index (χ1v) is 9.26. The van der Waals surface area contributed by atoms with E-state index in [1.807, 2.05) is 0 Å². The van der Waals surface area contributed by atoms with Crippen molar-refractivity contribution in [3.63, 3.8) is 0 Å². The van der Waals surface area contributed by atoms with Crippen molar-refractivity contribution in [2.75, 3.05) is 0 Å². The number of ketones is 1. The van der Waals surface area contributed by atoms with E-state index < -0.39 is 45.0 Å². The standard InChI is InChI=1S/C19H9Cl3F7NO2/c20-11-2-1-8(3-9(11)7-31)14(30)6-15(32)16-12(21)4-10(5-13(16)22)17(23,18(24,25)26)19(27,28)29/h1-7H,30H2. The second-order valence-corrected chi connectivity index (χ2v) is 7.51. The van der Waals surface area contributed by atoms with Gasteiger partial charge in [-0.15, -0.1) is 0 Å². The summed E-state index contributed by atoms with van der Waals surface area (Å²) in [6.07, 6.45) is -11.6. The number of alkyl halides is 7. The predicted molar refractivity (Wildman–Crippen MR) is 105 cm³/mol. The topological polar surface area (TPSA) is 60.2 Å². The number of aldehydes is 1. The number of allylic oxidation sites excluding steroid dienone is 1. The molecule has 0 aromatic heterocycles. The van der Waals surface area contributed by atoms with Crippen LogP contribution in [0.15, 0.2) is 36.4 Å². The molecular formula is C19H9Cl3F7NO2. The summed E-state index contributed by atoms with van der Waals surface area (Å²) in [5, 5.41) is -1.85. The molecule has 3 nitrogen and oxygen atoms in total. The third kappa shape index (κ3) is 4.72. The molecule has 0 amide bonds. The van der Waals surface area contributed by atoms with Gasteiger partial charge in [0.15, 0.2) is 12.1 Å². The number of rotatable bonds is 5. The minimum absolute atomic E-state index is 0.0124. The normalized spacial score (nSPS) is 13.2. The molecule has 0 atom stereocenters. The van der Waals surface area contributed by atoms with Gasteiger partial charge in [0.2, 0.25) is 0 Å². The van der Waals surface area contributed by atoms with Crippen LogP contribution in [-0.2, 0) is 5.67 Å². The summed E-state index contributed by atoms with van der Waals surface area (Å²) >= 11 is 17.2. The zero-order chi connectivity index (χ0) is 24.6. The van der Waals surface area contributed by atoms with Crippen LogP contribution in [0.4, 0.5) is 30.7 Å². The van der Waals surface area contributed by atoms with Gasteiger partial charge in [-0.05, 0) is 29.8 Å². The lowest BCUT2D eigenvalue weighted by Crippen LogP contribution is -2.50. The van der Waals surface area contributed by atoms with Gasteiger partial charge in [0, 0.05) is 22.9 Å². The molecule has 0 aliphatic carbocycles. The molecule has 0 bridgehead atoms. The Hall–Kier alpha value is -2.30. The summed E-state index contributed by atoms with van der Waals surface area (Å²) in [6.45, 7) is 0. The Bertz CT molecular complexity index is 1070. The second kappa shape index (κ2) is 8.92. The van der Waals surface area contributed by atoms with E-state index in [4.69, 9.17) is 40.5 Å². The largest absolute Gasteiger partial charge is 0.435 e. The van der Waals surface area contributed by atoms with Crippen molar-refractivity contribution < 1.29 is 40.3 Å². The Kier molecular flexibility index (Phi) is 7.23. The van der Waals surface area contributed by atoms with Crippen LogP contribution < -0.4 is 5.73 Å². The zero-order valence-corrected chi connectivity index (χ0v) is 17.5.